The zero-order valence-corrected chi connectivity index (χ0v) is 21.5. The van der Waals surface area contributed by atoms with E-state index in [1.54, 1.807) is 43.0 Å². The van der Waals surface area contributed by atoms with Crippen molar-refractivity contribution < 1.29 is 37.8 Å². The highest BCUT2D eigenvalue weighted by Crippen LogP contribution is 2.33. The van der Waals surface area contributed by atoms with Crippen LogP contribution < -0.4 is 5.32 Å². The van der Waals surface area contributed by atoms with Gasteiger partial charge in [-0.2, -0.15) is 5.26 Å². The summed E-state index contributed by atoms with van der Waals surface area (Å²) in [4.78, 5) is 28.7. The van der Waals surface area contributed by atoms with Crippen LogP contribution in [-0.4, -0.2) is 95.6 Å². The number of morpholine rings is 1. The highest BCUT2D eigenvalue weighted by molar-refractivity contribution is 6.32. The van der Waals surface area contributed by atoms with Crippen molar-refractivity contribution in [2.24, 2.45) is 0 Å². The van der Waals surface area contributed by atoms with Crippen molar-refractivity contribution in [1.82, 2.24) is 15.1 Å². The van der Waals surface area contributed by atoms with Crippen LogP contribution in [0.1, 0.15) is 32.3 Å². The summed E-state index contributed by atoms with van der Waals surface area (Å²) in [6.07, 6.45) is -0.495. The lowest BCUT2D eigenvalue weighted by molar-refractivity contribution is -0.138. The normalized spacial score (nSPS) is 21.0. The van der Waals surface area contributed by atoms with Crippen LogP contribution in [-0.2, 0) is 25.4 Å². The van der Waals surface area contributed by atoms with Gasteiger partial charge in [0.25, 0.3) is 11.8 Å². The van der Waals surface area contributed by atoms with Crippen LogP contribution in [0.15, 0.2) is 42.0 Å². The number of rotatable bonds is 10. The zero-order chi connectivity index (χ0) is 27.9. The maximum Gasteiger partial charge on any atom is 0.635 e. The van der Waals surface area contributed by atoms with E-state index < -0.39 is 49.5 Å². The first kappa shape index (κ1) is 29.7. The van der Waals surface area contributed by atoms with Gasteiger partial charge in [-0.05, 0) is 25.5 Å². The summed E-state index contributed by atoms with van der Waals surface area (Å²) < 4.78 is 38.1. The predicted molar refractivity (Wildman–Crippen MR) is 133 cm³/mol. The summed E-state index contributed by atoms with van der Waals surface area (Å²) in [7, 11) is -2.09. The van der Waals surface area contributed by atoms with E-state index >= 15 is 0 Å². The predicted octanol–water partition coefficient (Wildman–Crippen LogP) is 0.845. The molecule has 2 aliphatic rings. The molecule has 2 saturated heterocycles. The van der Waals surface area contributed by atoms with Gasteiger partial charge in [-0.3, -0.25) is 14.5 Å². The molecular weight excluding hydrogens is 501 g/mol. The lowest BCUT2D eigenvalue weighted by atomic mass is 9.98. The lowest BCUT2D eigenvalue weighted by Gasteiger charge is -2.35. The zero-order valence-electron chi connectivity index (χ0n) is 21.5. The number of amides is 2. The average Bonchev–Trinajstić information content (AvgIpc) is 3.23. The molecular formula is C25H33BF2N4O6. The summed E-state index contributed by atoms with van der Waals surface area (Å²) in [6.45, 7) is 3.46. The number of hydrogen-bond donors (Lipinski definition) is 3. The topological polar surface area (TPSA) is 135 Å². The molecule has 1 aromatic carbocycles. The van der Waals surface area contributed by atoms with E-state index in [2.05, 4.69) is 5.32 Å². The largest absolute Gasteiger partial charge is 0.635 e. The second kappa shape index (κ2) is 12.8. The molecule has 1 aromatic rings. The van der Waals surface area contributed by atoms with Crippen LogP contribution >= 0.6 is 0 Å². The Morgan fingerprint density at radius 3 is 2.66 bits per heavy atom. The standard InChI is InChI=1S/C25H33BF2N4O6/c1-24(2,32-9-8-25(27,28)17-32)14-19(15-29)23(34)31-10-11-37-20(16-31)13-21(33)30-22(38-26(35)36)12-18-6-4-3-5-7-18/h3-7,14,20,22,35-36H,8-13,16-17H2,1-2H3,(H,30,33)/t20-,22+/m0/s1. The average molecular weight is 534 g/mol. The van der Waals surface area contributed by atoms with Crippen LogP contribution in [0.5, 0.6) is 0 Å². The number of hydrogen-bond acceptors (Lipinski definition) is 8. The third-order valence-electron chi connectivity index (χ3n) is 6.54. The minimum absolute atomic E-state index is 0.0420. The highest BCUT2D eigenvalue weighted by atomic mass is 19.3. The first-order valence-corrected chi connectivity index (χ1v) is 12.4. The first-order chi connectivity index (χ1) is 17.9. The molecule has 0 bridgehead atoms. The third kappa shape index (κ3) is 8.57. The van der Waals surface area contributed by atoms with E-state index in [1.165, 1.54) is 11.0 Å². The van der Waals surface area contributed by atoms with Crippen molar-refractivity contribution >= 4 is 19.1 Å². The molecule has 2 amide bonds. The molecule has 10 nitrogen and oxygen atoms in total. The number of nitrogens with zero attached hydrogens (tertiary/aromatic N) is 3. The summed E-state index contributed by atoms with van der Waals surface area (Å²) in [5, 5.41) is 30.7. The Morgan fingerprint density at radius 2 is 2.05 bits per heavy atom. The fourth-order valence-electron chi connectivity index (χ4n) is 4.57. The van der Waals surface area contributed by atoms with Crippen molar-refractivity contribution in [3.63, 3.8) is 0 Å². The summed E-state index contributed by atoms with van der Waals surface area (Å²) in [5.41, 5.74) is -0.291. The minimum atomic E-state index is -2.81. The van der Waals surface area contributed by atoms with Gasteiger partial charge in [0, 0.05) is 38.0 Å². The van der Waals surface area contributed by atoms with Crippen molar-refractivity contribution in [3.05, 3.63) is 47.5 Å². The summed E-state index contributed by atoms with van der Waals surface area (Å²) in [5.74, 6) is -3.85. The van der Waals surface area contributed by atoms with Gasteiger partial charge in [-0.25, -0.2) is 8.78 Å². The van der Waals surface area contributed by atoms with Crippen molar-refractivity contribution in [3.8, 4) is 6.07 Å². The van der Waals surface area contributed by atoms with E-state index in [0.29, 0.717) is 0 Å². The molecule has 0 radical (unpaired) electrons. The second-order valence-electron chi connectivity index (χ2n) is 10.0. The van der Waals surface area contributed by atoms with Gasteiger partial charge in [-0.1, -0.05) is 30.3 Å². The third-order valence-corrected chi connectivity index (χ3v) is 6.54. The fourth-order valence-corrected chi connectivity index (χ4v) is 4.57. The van der Waals surface area contributed by atoms with Crippen LogP contribution in [0.4, 0.5) is 8.78 Å². The van der Waals surface area contributed by atoms with Gasteiger partial charge in [0.2, 0.25) is 5.91 Å². The molecule has 3 N–H and O–H groups in total. The highest BCUT2D eigenvalue weighted by Gasteiger charge is 2.43. The van der Waals surface area contributed by atoms with Crippen molar-refractivity contribution in [2.75, 3.05) is 32.8 Å². The molecule has 0 saturated carbocycles. The lowest BCUT2D eigenvalue weighted by Crippen LogP contribution is -2.49. The SMILES string of the molecule is CC(C)(C=C(C#N)C(=O)N1CCO[C@@H](CC(=O)N[C@@H](Cc2ccccc2)OB(O)O)C1)N1CCC(F)(F)C1. The Morgan fingerprint density at radius 1 is 1.34 bits per heavy atom. The number of likely N-dealkylation sites (tertiary alicyclic amines) is 1. The van der Waals surface area contributed by atoms with Crippen molar-refractivity contribution in [1.29, 1.82) is 5.26 Å². The van der Waals surface area contributed by atoms with Gasteiger partial charge in [0.1, 0.15) is 17.9 Å². The number of halogens is 2. The van der Waals surface area contributed by atoms with Gasteiger partial charge >= 0.3 is 7.32 Å². The molecule has 2 atom stereocenters. The smallest absolute Gasteiger partial charge is 0.402 e. The second-order valence-corrected chi connectivity index (χ2v) is 10.0. The van der Waals surface area contributed by atoms with E-state index in [9.17, 15) is 33.7 Å². The molecule has 0 aliphatic carbocycles. The van der Waals surface area contributed by atoms with Gasteiger partial charge < -0.3 is 29.7 Å². The molecule has 38 heavy (non-hydrogen) atoms. The van der Waals surface area contributed by atoms with E-state index in [-0.39, 0.29) is 51.1 Å². The van der Waals surface area contributed by atoms with Gasteiger partial charge in [-0.15, -0.1) is 0 Å². The Kier molecular flexibility index (Phi) is 9.97. The molecule has 0 aromatic heterocycles. The molecule has 0 spiro atoms. The Labute approximate surface area is 221 Å². The number of ether oxygens (including phenoxy) is 1. The van der Waals surface area contributed by atoms with Crippen LogP contribution in [0, 0.1) is 11.3 Å². The molecule has 0 unspecified atom stereocenters. The van der Waals surface area contributed by atoms with Crippen molar-refractivity contribution in [2.45, 2.75) is 56.9 Å². The Hall–Kier alpha value is -2.89. The maximum atomic E-state index is 13.7. The minimum Gasteiger partial charge on any atom is -0.402 e. The van der Waals surface area contributed by atoms with E-state index in [0.717, 1.165) is 5.56 Å². The number of nitrogens with one attached hydrogen (secondary N) is 1. The van der Waals surface area contributed by atoms with E-state index in [4.69, 9.17) is 9.39 Å². The number of carbonyl (C=O) groups is 2. The molecule has 2 fully saturated rings. The number of alkyl halides is 2. The Balaban J connectivity index is 1.60. The maximum absolute atomic E-state index is 13.7. The quantitative estimate of drug-likeness (QED) is 0.174. The van der Waals surface area contributed by atoms with Crippen LogP contribution in [0.25, 0.3) is 0 Å². The first-order valence-electron chi connectivity index (χ1n) is 12.4. The molecule has 2 aliphatic heterocycles. The van der Waals surface area contributed by atoms with E-state index in [1.807, 2.05) is 12.1 Å². The molecule has 13 heteroatoms. The van der Waals surface area contributed by atoms with Gasteiger partial charge in [0.05, 0.1) is 25.7 Å². The Bertz CT molecular complexity index is 1050. The van der Waals surface area contributed by atoms with Crippen LogP contribution in [0.2, 0.25) is 0 Å². The monoisotopic (exact) mass is 534 g/mol. The number of carbonyl (C=O) groups excluding carboxylic acids is 2. The van der Waals surface area contributed by atoms with Gasteiger partial charge in [0.15, 0.2) is 0 Å². The molecule has 2 heterocycles. The molecule has 206 valence electrons. The summed E-state index contributed by atoms with van der Waals surface area (Å²) in [6, 6.07) is 10.9. The number of nitriles is 1. The number of benzene rings is 1. The molecule has 3 rings (SSSR count). The fraction of sp³-hybridized carbons (Fsp3) is 0.560. The van der Waals surface area contributed by atoms with Crippen LogP contribution in [0.3, 0.4) is 0 Å². The summed E-state index contributed by atoms with van der Waals surface area (Å²) >= 11 is 0.